The molecule has 0 aliphatic carbocycles. The lowest BCUT2D eigenvalue weighted by molar-refractivity contribution is -0.136. The highest BCUT2D eigenvalue weighted by atomic mass is 19.1. The maximum absolute atomic E-state index is 14.5. The Labute approximate surface area is 506 Å². The number of nitrogens with zero attached hydrogens (tertiary/aromatic N) is 10. The summed E-state index contributed by atoms with van der Waals surface area (Å²) in [6.45, 7) is 26.7. The highest BCUT2D eigenvalue weighted by molar-refractivity contribution is 5.98. The zero-order chi connectivity index (χ0) is 61.5. The molecule has 2 aromatic heterocycles. The van der Waals surface area contributed by atoms with Crippen LogP contribution in [0.1, 0.15) is 115 Å². The first-order chi connectivity index (χ1) is 40.8. The van der Waals surface area contributed by atoms with Gasteiger partial charge in [0.15, 0.2) is 0 Å². The van der Waals surface area contributed by atoms with Crippen LogP contribution in [0.15, 0.2) is 70.3 Å². The van der Waals surface area contributed by atoms with E-state index in [-0.39, 0.29) is 95.7 Å². The summed E-state index contributed by atoms with van der Waals surface area (Å²) in [6.07, 6.45) is 2.76. The van der Waals surface area contributed by atoms with Crippen molar-refractivity contribution in [2.24, 2.45) is 14.1 Å². The van der Waals surface area contributed by atoms with Gasteiger partial charge in [0.25, 0.3) is 11.1 Å². The van der Waals surface area contributed by atoms with Crippen molar-refractivity contribution in [3.8, 4) is 0 Å². The molecule has 18 nitrogen and oxygen atoms in total. The third-order valence-corrected chi connectivity index (χ3v) is 19.4. The topological polar surface area (TPSA) is 162 Å². The quantitative estimate of drug-likeness (QED) is 0.143. The van der Waals surface area contributed by atoms with Crippen molar-refractivity contribution in [1.82, 2.24) is 49.2 Å². The van der Waals surface area contributed by atoms with Crippen molar-refractivity contribution >= 4 is 35.0 Å². The fraction of sp³-hybridized carbons (Fsp3) is 0.606. The molecule has 0 spiro atoms. The Morgan fingerprint density at radius 2 is 0.895 bits per heavy atom. The van der Waals surface area contributed by atoms with Gasteiger partial charge in [-0.3, -0.25) is 48.4 Å². The van der Waals surface area contributed by atoms with E-state index in [1.807, 2.05) is 31.7 Å². The van der Waals surface area contributed by atoms with Crippen LogP contribution in [0.4, 0.5) is 20.2 Å². The van der Waals surface area contributed by atoms with Gasteiger partial charge >= 0.3 is 0 Å². The largest absolute Gasteiger partial charge is 0.340 e. The number of aromatic nitrogens is 2. The zero-order valence-corrected chi connectivity index (χ0v) is 52.5. The summed E-state index contributed by atoms with van der Waals surface area (Å²) in [4.78, 5) is 101. The van der Waals surface area contributed by atoms with E-state index in [2.05, 4.69) is 85.6 Å². The number of benzene rings is 2. The Bertz CT molecular complexity index is 3060. The van der Waals surface area contributed by atoms with E-state index >= 15 is 0 Å². The molecule has 0 radical (unpaired) electrons. The van der Waals surface area contributed by atoms with Crippen LogP contribution in [-0.2, 0) is 56.9 Å². The average Bonchev–Trinajstić information content (AvgIpc) is 1.65. The number of halogens is 2. The minimum absolute atomic E-state index is 0.00776. The van der Waals surface area contributed by atoms with Crippen molar-refractivity contribution in [2.45, 2.75) is 141 Å². The predicted octanol–water partition coefficient (Wildman–Crippen LogP) is 4.44. The number of hydrogen-bond acceptors (Lipinski definition) is 12. The van der Waals surface area contributed by atoms with Gasteiger partial charge in [-0.05, 0) is 88.1 Å². The molecule has 86 heavy (non-hydrogen) atoms. The molecule has 8 heterocycles. The number of pyridine rings is 2. The monoisotopic (exact) mass is 1190 g/mol. The van der Waals surface area contributed by atoms with E-state index in [0.717, 1.165) is 73.2 Å². The van der Waals surface area contributed by atoms with Crippen LogP contribution >= 0.6 is 0 Å². The number of unbranched alkanes of at least 4 members (excludes halogenated alkanes) is 1. The minimum atomic E-state index is -0.439. The van der Waals surface area contributed by atoms with Gasteiger partial charge in [0.05, 0.1) is 35.9 Å². The summed E-state index contributed by atoms with van der Waals surface area (Å²) in [5.41, 5.74) is 4.85. The Morgan fingerprint density at radius 1 is 0.523 bits per heavy atom. The van der Waals surface area contributed by atoms with Gasteiger partial charge in [-0.25, -0.2) is 8.78 Å². The average molecular weight is 1190 g/mol. The fourth-order valence-corrected chi connectivity index (χ4v) is 14.8. The standard InChI is InChI=1S/C66H92F2N12O6/c1-43-33-77(39-59(83)79-41-65(5,6)61-55(79)29-49(63(85)71(61)9)27-47-15-19-51(67)20-16-47)53(31-69-43)37-73-23-25-75(35-45(73)3)57(81)13-11-12-14-58(82)76-26-24-74(46(4)36-76)38-54-32-70-44(2)34-78(54)40-60(84)80-42-66(7,8)62-56(80)30-50(64(86)72(62)10)28-48-17-21-52(68)22-18-48/h15-22,29-30,43-46,53-54,69-70H,11-14,23-28,31-42H2,1-10H3/t43-,44-,45-,46-,53-,54-/m1/s1. The molecule has 4 amide bonds. The number of hydrogen-bond donors (Lipinski definition) is 2. The van der Waals surface area contributed by atoms with E-state index in [0.29, 0.717) is 102 Å². The third-order valence-electron chi connectivity index (χ3n) is 19.4. The Kier molecular flexibility index (Phi) is 18.9. The molecule has 6 atom stereocenters. The molecule has 2 N–H and O–H groups in total. The van der Waals surface area contributed by atoms with Crippen LogP contribution in [0.3, 0.4) is 0 Å². The number of fused-ring (bicyclic) bond motifs is 2. The van der Waals surface area contributed by atoms with E-state index in [1.54, 1.807) is 47.5 Å². The van der Waals surface area contributed by atoms with Gasteiger partial charge in [0, 0.05) is 190 Å². The van der Waals surface area contributed by atoms with Crippen LogP contribution < -0.4 is 31.6 Å². The normalized spacial score (nSPS) is 24.5. The third kappa shape index (κ3) is 13.7. The molecule has 4 fully saturated rings. The fourth-order valence-electron chi connectivity index (χ4n) is 14.8. The number of anilines is 2. The number of carbonyl (C=O) groups is 4. The first-order valence-corrected chi connectivity index (χ1v) is 31.4. The van der Waals surface area contributed by atoms with Crippen LogP contribution in [0.2, 0.25) is 0 Å². The maximum atomic E-state index is 14.5. The van der Waals surface area contributed by atoms with Gasteiger partial charge in [0.2, 0.25) is 23.6 Å². The lowest BCUT2D eigenvalue weighted by Crippen LogP contribution is -2.63. The van der Waals surface area contributed by atoms with E-state index in [1.165, 1.54) is 24.3 Å². The Hall–Kier alpha value is -6.16. The first-order valence-electron chi connectivity index (χ1n) is 31.4. The van der Waals surface area contributed by atoms with Gasteiger partial charge < -0.3 is 39.4 Å². The Morgan fingerprint density at radius 3 is 1.26 bits per heavy atom. The Balaban J connectivity index is 0.666. The molecule has 4 aromatic rings. The molecule has 466 valence electrons. The first kappa shape index (κ1) is 62.9. The number of nitrogens with one attached hydrogen (secondary N) is 2. The molecule has 20 heteroatoms. The van der Waals surface area contributed by atoms with Crippen molar-refractivity contribution in [3.05, 3.63) is 127 Å². The lowest BCUT2D eigenvalue weighted by Gasteiger charge is -2.46. The number of carbonyl (C=O) groups excluding carboxylic acids is 4. The van der Waals surface area contributed by atoms with Gasteiger partial charge in [-0.1, -0.05) is 52.0 Å². The highest BCUT2D eigenvalue weighted by Gasteiger charge is 2.44. The molecule has 4 saturated heterocycles. The van der Waals surface area contributed by atoms with Crippen LogP contribution in [-0.4, -0.2) is 203 Å². The summed E-state index contributed by atoms with van der Waals surface area (Å²) in [5.74, 6) is -0.440. The molecule has 0 unspecified atom stereocenters. The van der Waals surface area contributed by atoms with Crippen molar-refractivity contribution < 1.29 is 28.0 Å². The van der Waals surface area contributed by atoms with Crippen LogP contribution in [0.25, 0.3) is 0 Å². The SMILES string of the molecule is C[C@@H]1CN(CC(=O)N2CC(C)(C)c3c2cc(Cc2ccc(F)cc2)c(=O)n3C)[C@@H](CN2CCN(C(=O)CCCCC(=O)N3CCN(C[C@H]4CN[C@H](C)CN4CC(=O)N4CC(C)(C)c5c4cc(Cc4ccc(F)cc4)c(=O)n5C)[C@H](C)C3)C[C@H]2C)CN1. The van der Waals surface area contributed by atoms with Crippen molar-refractivity contribution in [1.29, 1.82) is 0 Å². The van der Waals surface area contributed by atoms with E-state index in [9.17, 15) is 37.5 Å². The summed E-state index contributed by atoms with van der Waals surface area (Å²) < 4.78 is 30.8. The molecule has 10 rings (SSSR count). The van der Waals surface area contributed by atoms with E-state index in [4.69, 9.17) is 0 Å². The molecule has 6 aliphatic heterocycles. The number of amides is 4. The van der Waals surface area contributed by atoms with Gasteiger partial charge in [0.1, 0.15) is 11.6 Å². The summed E-state index contributed by atoms with van der Waals surface area (Å²) in [7, 11) is 3.56. The smallest absolute Gasteiger partial charge is 0.254 e. The van der Waals surface area contributed by atoms with Crippen molar-refractivity contribution in [2.75, 3.05) is 115 Å². The highest BCUT2D eigenvalue weighted by Crippen LogP contribution is 2.42. The molecule has 2 aromatic carbocycles. The molecule has 6 aliphatic rings. The molecule has 0 bridgehead atoms. The van der Waals surface area contributed by atoms with Crippen molar-refractivity contribution in [3.63, 3.8) is 0 Å². The van der Waals surface area contributed by atoms with Gasteiger partial charge in [-0.2, -0.15) is 0 Å². The van der Waals surface area contributed by atoms with Gasteiger partial charge in [-0.15, -0.1) is 0 Å². The predicted molar refractivity (Wildman–Crippen MR) is 332 cm³/mol. The number of rotatable bonds is 17. The zero-order valence-electron chi connectivity index (χ0n) is 52.5. The van der Waals surface area contributed by atoms with E-state index < -0.39 is 10.8 Å². The maximum Gasteiger partial charge on any atom is 0.254 e. The summed E-state index contributed by atoms with van der Waals surface area (Å²) in [5, 5.41) is 7.28. The van der Waals surface area contributed by atoms with Crippen LogP contribution in [0.5, 0.6) is 0 Å². The second-order valence-corrected chi connectivity index (χ2v) is 27.2. The van der Waals surface area contributed by atoms with Crippen LogP contribution in [0, 0.1) is 11.6 Å². The summed E-state index contributed by atoms with van der Waals surface area (Å²) >= 11 is 0. The molecule has 0 saturated carbocycles. The summed E-state index contributed by atoms with van der Waals surface area (Å²) in [6, 6.07) is 16.9. The lowest BCUT2D eigenvalue weighted by atomic mass is 9.90. The second kappa shape index (κ2) is 25.9. The molecular weight excluding hydrogens is 1090 g/mol. The molecular formula is C66H92F2N12O6. The second-order valence-electron chi connectivity index (χ2n) is 27.2. The minimum Gasteiger partial charge on any atom is -0.340 e. The number of piperazine rings is 4.